The second-order valence-electron chi connectivity index (χ2n) is 4.96. The van der Waals surface area contributed by atoms with E-state index in [4.69, 9.17) is 4.74 Å². The molecular weight excluding hydrogens is 288 g/mol. The van der Waals surface area contributed by atoms with Gasteiger partial charge in [0.1, 0.15) is 0 Å². The van der Waals surface area contributed by atoms with E-state index < -0.39 is 5.76 Å². The van der Waals surface area contributed by atoms with Crippen molar-refractivity contribution in [2.75, 3.05) is 38.2 Å². The predicted molar refractivity (Wildman–Crippen MR) is 78.4 cm³/mol. The van der Waals surface area contributed by atoms with Crippen LogP contribution in [0.15, 0.2) is 33.6 Å². The summed E-state index contributed by atoms with van der Waals surface area (Å²) < 4.78 is 9.72. The van der Waals surface area contributed by atoms with Gasteiger partial charge in [-0.05, 0) is 12.1 Å². The van der Waals surface area contributed by atoms with Gasteiger partial charge in [-0.15, -0.1) is 0 Å². The lowest BCUT2D eigenvalue weighted by molar-refractivity contribution is -0.118. The van der Waals surface area contributed by atoms with E-state index in [0.29, 0.717) is 36.8 Å². The first-order valence-corrected chi connectivity index (χ1v) is 6.97. The maximum absolute atomic E-state index is 12.0. The third kappa shape index (κ3) is 3.60. The van der Waals surface area contributed by atoms with Gasteiger partial charge in [0.2, 0.25) is 5.91 Å². The molecule has 2 N–H and O–H groups in total. The van der Waals surface area contributed by atoms with E-state index in [0.717, 1.165) is 13.1 Å². The first-order valence-electron chi connectivity index (χ1n) is 6.97. The topological polar surface area (TPSA) is 100 Å². The van der Waals surface area contributed by atoms with Crippen molar-refractivity contribution < 1.29 is 14.1 Å². The molecule has 0 unspecified atom stereocenters. The Balaban J connectivity index is 1.64. The molecule has 2 heterocycles. The maximum atomic E-state index is 12.0. The normalized spacial score (nSPS) is 15.6. The van der Waals surface area contributed by atoms with Crippen LogP contribution in [0.1, 0.15) is 0 Å². The van der Waals surface area contributed by atoms with Crippen molar-refractivity contribution in [1.29, 1.82) is 0 Å². The van der Waals surface area contributed by atoms with Gasteiger partial charge in [-0.3, -0.25) is 19.2 Å². The molecule has 0 bridgehead atoms. The highest BCUT2D eigenvalue weighted by atomic mass is 16.5. The Morgan fingerprint density at radius 1 is 1.36 bits per heavy atom. The second kappa shape index (κ2) is 6.54. The molecule has 1 aliphatic heterocycles. The lowest BCUT2D eigenvalue weighted by atomic mass is 10.2. The SMILES string of the molecule is O=C(CN1CCOCC1)Nc1cccc(-c2noc(=O)[nH]2)c1. The van der Waals surface area contributed by atoms with E-state index in [2.05, 4.69) is 20.0 Å². The molecule has 0 aliphatic carbocycles. The molecule has 22 heavy (non-hydrogen) atoms. The van der Waals surface area contributed by atoms with Crippen LogP contribution < -0.4 is 11.1 Å². The summed E-state index contributed by atoms with van der Waals surface area (Å²) in [5.74, 6) is -0.376. The van der Waals surface area contributed by atoms with Gasteiger partial charge in [0.25, 0.3) is 0 Å². The van der Waals surface area contributed by atoms with Crippen molar-refractivity contribution in [1.82, 2.24) is 15.0 Å². The van der Waals surface area contributed by atoms with Gasteiger partial charge in [-0.25, -0.2) is 4.79 Å². The molecule has 0 atom stereocenters. The summed E-state index contributed by atoms with van der Waals surface area (Å²) in [6.45, 7) is 3.15. The molecular formula is C14H16N4O4. The minimum atomic E-state index is -0.614. The maximum Gasteiger partial charge on any atom is 0.439 e. The number of morpholine rings is 1. The lowest BCUT2D eigenvalue weighted by Gasteiger charge is -2.25. The summed E-state index contributed by atoms with van der Waals surface area (Å²) >= 11 is 0. The smallest absolute Gasteiger partial charge is 0.379 e. The van der Waals surface area contributed by atoms with Gasteiger partial charge in [0, 0.05) is 24.3 Å². The summed E-state index contributed by atoms with van der Waals surface area (Å²) in [6, 6.07) is 7.04. The first-order chi connectivity index (χ1) is 10.7. The fourth-order valence-electron chi connectivity index (χ4n) is 2.26. The fraction of sp³-hybridized carbons (Fsp3) is 0.357. The first kappa shape index (κ1) is 14.5. The zero-order valence-corrected chi connectivity index (χ0v) is 11.9. The Morgan fingerprint density at radius 2 is 2.18 bits per heavy atom. The lowest BCUT2D eigenvalue weighted by Crippen LogP contribution is -2.41. The summed E-state index contributed by atoms with van der Waals surface area (Å²) in [5.41, 5.74) is 1.30. The number of nitrogens with zero attached hydrogens (tertiary/aromatic N) is 2. The van der Waals surface area contributed by atoms with Crippen LogP contribution in [0.25, 0.3) is 11.4 Å². The molecule has 1 aliphatic rings. The van der Waals surface area contributed by atoms with Crippen LogP contribution in [0.5, 0.6) is 0 Å². The number of carbonyl (C=O) groups excluding carboxylic acids is 1. The van der Waals surface area contributed by atoms with E-state index in [-0.39, 0.29) is 5.91 Å². The van der Waals surface area contributed by atoms with Crippen molar-refractivity contribution in [2.24, 2.45) is 0 Å². The fourth-order valence-corrected chi connectivity index (χ4v) is 2.26. The highest BCUT2D eigenvalue weighted by molar-refractivity contribution is 5.92. The van der Waals surface area contributed by atoms with Crippen molar-refractivity contribution in [3.8, 4) is 11.4 Å². The molecule has 2 aromatic rings. The van der Waals surface area contributed by atoms with Crippen LogP contribution in [0.2, 0.25) is 0 Å². The minimum Gasteiger partial charge on any atom is -0.379 e. The van der Waals surface area contributed by atoms with Gasteiger partial charge in [-0.2, -0.15) is 0 Å². The number of carbonyl (C=O) groups is 1. The van der Waals surface area contributed by atoms with E-state index in [9.17, 15) is 9.59 Å². The van der Waals surface area contributed by atoms with Crippen molar-refractivity contribution in [3.63, 3.8) is 0 Å². The summed E-state index contributed by atoms with van der Waals surface area (Å²) in [6.07, 6.45) is 0. The monoisotopic (exact) mass is 304 g/mol. The minimum absolute atomic E-state index is 0.0901. The molecule has 1 saturated heterocycles. The molecule has 0 saturated carbocycles. The van der Waals surface area contributed by atoms with Gasteiger partial charge in [0.15, 0.2) is 5.82 Å². The Hall–Kier alpha value is -2.45. The number of H-pyrrole nitrogens is 1. The zero-order chi connectivity index (χ0) is 15.4. The Labute approximate surface area is 126 Å². The van der Waals surface area contributed by atoms with Gasteiger partial charge in [0.05, 0.1) is 19.8 Å². The van der Waals surface area contributed by atoms with Crippen LogP contribution >= 0.6 is 0 Å². The molecule has 1 aromatic heterocycles. The van der Waals surface area contributed by atoms with E-state index in [1.54, 1.807) is 24.3 Å². The number of hydrogen-bond acceptors (Lipinski definition) is 6. The number of amides is 1. The average molecular weight is 304 g/mol. The number of ether oxygens (including phenoxy) is 1. The molecule has 116 valence electrons. The van der Waals surface area contributed by atoms with E-state index >= 15 is 0 Å². The van der Waals surface area contributed by atoms with Crippen molar-refractivity contribution >= 4 is 11.6 Å². The van der Waals surface area contributed by atoms with E-state index in [1.165, 1.54) is 0 Å². The van der Waals surface area contributed by atoms with E-state index in [1.807, 2.05) is 4.90 Å². The number of nitrogens with one attached hydrogen (secondary N) is 2. The van der Waals surface area contributed by atoms with Gasteiger partial charge >= 0.3 is 5.76 Å². The molecule has 8 heteroatoms. The Morgan fingerprint density at radius 3 is 2.91 bits per heavy atom. The van der Waals surface area contributed by atoms with Gasteiger partial charge in [-0.1, -0.05) is 17.3 Å². The zero-order valence-electron chi connectivity index (χ0n) is 11.9. The highest BCUT2D eigenvalue weighted by Gasteiger charge is 2.14. The van der Waals surface area contributed by atoms with Crippen LogP contribution in [0, 0.1) is 0 Å². The Bertz CT molecular complexity index is 703. The number of anilines is 1. The number of aromatic amines is 1. The molecule has 1 aromatic carbocycles. The summed E-state index contributed by atoms with van der Waals surface area (Å²) in [5, 5.41) is 6.46. The molecule has 0 spiro atoms. The molecule has 0 radical (unpaired) electrons. The van der Waals surface area contributed by atoms with Gasteiger partial charge < -0.3 is 10.1 Å². The van der Waals surface area contributed by atoms with Crippen LogP contribution in [0.4, 0.5) is 5.69 Å². The second-order valence-corrected chi connectivity index (χ2v) is 4.96. The third-order valence-corrected chi connectivity index (χ3v) is 3.33. The summed E-state index contributed by atoms with van der Waals surface area (Å²) in [4.78, 5) is 27.5. The number of rotatable bonds is 4. The molecule has 1 amide bonds. The number of benzene rings is 1. The molecule has 1 fully saturated rings. The number of aromatic nitrogens is 2. The van der Waals surface area contributed by atoms with Crippen molar-refractivity contribution in [2.45, 2.75) is 0 Å². The predicted octanol–water partition coefficient (Wildman–Crippen LogP) is 0.301. The molecule has 8 nitrogen and oxygen atoms in total. The number of hydrogen-bond donors (Lipinski definition) is 2. The largest absolute Gasteiger partial charge is 0.439 e. The van der Waals surface area contributed by atoms with Crippen LogP contribution in [0.3, 0.4) is 0 Å². The summed E-state index contributed by atoms with van der Waals surface area (Å²) in [7, 11) is 0. The van der Waals surface area contributed by atoms with Crippen LogP contribution in [-0.4, -0.2) is 53.8 Å². The quantitative estimate of drug-likeness (QED) is 0.842. The van der Waals surface area contributed by atoms with Crippen molar-refractivity contribution in [3.05, 3.63) is 34.8 Å². The third-order valence-electron chi connectivity index (χ3n) is 3.33. The van der Waals surface area contributed by atoms with Crippen LogP contribution in [-0.2, 0) is 9.53 Å². The highest BCUT2D eigenvalue weighted by Crippen LogP contribution is 2.18. The standard InChI is InChI=1S/C14H16N4O4/c19-12(9-18-4-6-21-7-5-18)15-11-3-1-2-10(8-11)13-16-14(20)22-17-13/h1-3,8H,4-7,9H2,(H,15,19)(H,16,17,20). The Kier molecular flexibility index (Phi) is 4.31. The molecule has 3 rings (SSSR count). The average Bonchev–Trinajstić information content (AvgIpc) is 2.95.